The molecule has 0 heterocycles. The lowest BCUT2D eigenvalue weighted by atomic mass is 10.2. The molecule has 0 radical (unpaired) electrons. The quantitative estimate of drug-likeness (QED) is 0.700. The van der Waals surface area contributed by atoms with Crippen molar-refractivity contribution in [3.63, 3.8) is 0 Å². The van der Waals surface area contributed by atoms with Crippen molar-refractivity contribution in [3.8, 4) is 17.2 Å². The van der Waals surface area contributed by atoms with Crippen LogP contribution >= 0.6 is 0 Å². The van der Waals surface area contributed by atoms with E-state index < -0.39 is 12.0 Å². The van der Waals surface area contributed by atoms with Crippen molar-refractivity contribution >= 4 is 17.7 Å². The molecule has 0 bridgehead atoms. The first-order valence-electron chi connectivity index (χ1n) is 6.08. The molecule has 8 nitrogen and oxygen atoms in total. The van der Waals surface area contributed by atoms with Gasteiger partial charge in [-0.25, -0.2) is 4.79 Å². The third-order valence-corrected chi connectivity index (χ3v) is 2.55. The maximum atomic E-state index is 11.6. The van der Waals surface area contributed by atoms with Crippen molar-refractivity contribution in [2.75, 3.05) is 33.2 Å². The SMILES string of the molecule is COc1cc(NC(=O)NCCC(=O)O)cc(OC)c1OC. The van der Waals surface area contributed by atoms with E-state index in [4.69, 9.17) is 19.3 Å². The van der Waals surface area contributed by atoms with Crippen molar-refractivity contribution in [2.45, 2.75) is 6.42 Å². The second kappa shape index (κ2) is 7.83. The number of carbonyl (C=O) groups excluding carboxylic acids is 1. The Labute approximate surface area is 122 Å². The highest BCUT2D eigenvalue weighted by Crippen LogP contribution is 2.39. The molecule has 0 aliphatic heterocycles. The Morgan fingerprint density at radius 2 is 1.67 bits per heavy atom. The monoisotopic (exact) mass is 298 g/mol. The number of nitrogens with one attached hydrogen (secondary N) is 2. The number of ether oxygens (including phenoxy) is 3. The fourth-order valence-corrected chi connectivity index (χ4v) is 1.61. The van der Waals surface area contributed by atoms with Gasteiger partial charge in [0.05, 0.1) is 33.4 Å². The standard InChI is InChI=1S/C13H18N2O6/c1-19-9-6-8(7-10(20-2)12(9)21-3)15-13(18)14-5-4-11(16)17/h6-7H,4-5H2,1-3H3,(H,16,17)(H2,14,15,18). The average Bonchev–Trinajstić information content (AvgIpc) is 2.45. The summed E-state index contributed by atoms with van der Waals surface area (Å²) in [6, 6.07) is 2.61. The summed E-state index contributed by atoms with van der Waals surface area (Å²) < 4.78 is 15.5. The zero-order valence-electron chi connectivity index (χ0n) is 12.1. The van der Waals surface area contributed by atoms with Crippen molar-refractivity contribution in [2.24, 2.45) is 0 Å². The van der Waals surface area contributed by atoms with Crippen molar-refractivity contribution in [1.29, 1.82) is 0 Å². The van der Waals surface area contributed by atoms with Crippen LogP contribution in [0.4, 0.5) is 10.5 Å². The molecule has 2 amide bonds. The van der Waals surface area contributed by atoms with Gasteiger partial charge in [-0.1, -0.05) is 0 Å². The van der Waals surface area contributed by atoms with E-state index in [1.807, 2.05) is 0 Å². The fraction of sp³-hybridized carbons (Fsp3) is 0.385. The van der Waals surface area contributed by atoms with Crippen LogP contribution in [0.2, 0.25) is 0 Å². The van der Waals surface area contributed by atoms with Gasteiger partial charge in [0.1, 0.15) is 0 Å². The second-order valence-electron chi connectivity index (χ2n) is 3.94. The van der Waals surface area contributed by atoms with Crippen LogP contribution in [-0.4, -0.2) is 45.0 Å². The summed E-state index contributed by atoms with van der Waals surface area (Å²) >= 11 is 0. The number of carboxylic acid groups (broad SMARTS) is 1. The predicted molar refractivity (Wildman–Crippen MR) is 75.4 cm³/mol. The molecule has 0 aliphatic carbocycles. The maximum Gasteiger partial charge on any atom is 0.319 e. The molecular weight excluding hydrogens is 280 g/mol. The molecule has 0 spiro atoms. The minimum Gasteiger partial charge on any atom is -0.493 e. The number of carbonyl (C=O) groups is 2. The Morgan fingerprint density at radius 1 is 1.10 bits per heavy atom. The molecule has 116 valence electrons. The lowest BCUT2D eigenvalue weighted by Gasteiger charge is -2.14. The van der Waals surface area contributed by atoms with Gasteiger partial charge in [-0.05, 0) is 0 Å². The summed E-state index contributed by atoms with van der Waals surface area (Å²) in [4.78, 5) is 22.0. The molecule has 0 fully saturated rings. The summed E-state index contributed by atoms with van der Waals surface area (Å²) in [7, 11) is 4.41. The van der Waals surface area contributed by atoms with Crippen LogP contribution in [0, 0.1) is 0 Å². The van der Waals surface area contributed by atoms with E-state index in [1.165, 1.54) is 21.3 Å². The van der Waals surface area contributed by atoms with Gasteiger partial charge in [0.25, 0.3) is 0 Å². The number of methoxy groups -OCH3 is 3. The highest BCUT2D eigenvalue weighted by molar-refractivity contribution is 5.90. The van der Waals surface area contributed by atoms with Gasteiger partial charge < -0.3 is 30.0 Å². The van der Waals surface area contributed by atoms with E-state index in [9.17, 15) is 9.59 Å². The number of hydrogen-bond acceptors (Lipinski definition) is 5. The molecule has 0 atom stereocenters. The number of urea groups is 1. The normalized spacial score (nSPS) is 9.67. The number of benzene rings is 1. The van der Waals surface area contributed by atoms with Crippen LogP contribution in [0.3, 0.4) is 0 Å². The minimum absolute atomic E-state index is 0.0333. The maximum absolute atomic E-state index is 11.6. The van der Waals surface area contributed by atoms with Crippen LogP contribution in [0.1, 0.15) is 6.42 Å². The molecule has 0 unspecified atom stereocenters. The molecule has 0 saturated heterocycles. The molecule has 3 N–H and O–H groups in total. The number of carboxylic acids is 1. The van der Waals surface area contributed by atoms with E-state index in [-0.39, 0.29) is 13.0 Å². The predicted octanol–water partition coefficient (Wildman–Crippen LogP) is 1.31. The van der Waals surface area contributed by atoms with E-state index in [1.54, 1.807) is 12.1 Å². The smallest absolute Gasteiger partial charge is 0.319 e. The first-order chi connectivity index (χ1) is 10.0. The largest absolute Gasteiger partial charge is 0.493 e. The number of amides is 2. The Bertz CT molecular complexity index is 492. The summed E-state index contributed by atoms with van der Waals surface area (Å²) in [5, 5.41) is 13.5. The Hall–Kier alpha value is -2.64. The van der Waals surface area contributed by atoms with Crippen LogP contribution in [0.25, 0.3) is 0 Å². The van der Waals surface area contributed by atoms with Crippen molar-refractivity contribution in [1.82, 2.24) is 5.32 Å². The summed E-state index contributed by atoms with van der Waals surface area (Å²) in [6.07, 6.45) is -0.150. The van der Waals surface area contributed by atoms with E-state index in [0.29, 0.717) is 22.9 Å². The van der Waals surface area contributed by atoms with Gasteiger partial charge in [0.2, 0.25) is 5.75 Å². The van der Waals surface area contributed by atoms with Gasteiger partial charge in [0, 0.05) is 18.7 Å². The van der Waals surface area contributed by atoms with Gasteiger partial charge in [-0.2, -0.15) is 0 Å². The number of aliphatic carboxylic acids is 1. The Kier molecular flexibility index (Phi) is 6.12. The van der Waals surface area contributed by atoms with Gasteiger partial charge in [-0.15, -0.1) is 0 Å². The number of hydrogen-bond donors (Lipinski definition) is 3. The molecule has 8 heteroatoms. The topological polar surface area (TPSA) is 106 Å². The van der Waals surface area contributed by atoms with E-state index in [2.05, 4.69) is 10.6 Å². The minimum atomic E-state index is -0.983. The van der Waals surface area contributed by atoms with Gasteiger partial charge in [0.15, 0.2) is 11.5 Å². The highest BCUT2D eigenvalue weighted by Gasteiger charge is 2.14. The van der Waals surface area contributed by atoms with Crippen LogP contribution in [0.5, 0.6) is 17.2 Å². The average molecular weight is 298 g/mol. The first-order valence-corrected chi connectivity index (χ1v) is 6.08. The molecule has 0 aliphatic rings. The third-order valence-electron chi connectivity index (χ3n) is 2.55. The Morgan fingerprint density at radius 3 is 2.10 bits per heavy atom. The van der Waals surface area contributed by atoms with E-state index in [0.717, 1.165) is 0 Å². The molecular formula is C13H18N2O6. The van der Waals surface area contributed by atoms with Crippen LogP contribution in [-0.2, 0) is 4.79 Å². The molecule has 1 aromatic carbocycles. The first kappa shape index (κ1) is 16.4. The second-order valence-corrected chi connectivity index (χ2v) is 3.94. The highest BCUT2D eigenvalue weighted by atomic mass is 16.5. The van der Waals surface area contributed by atoms with Crippen LogP contribution in [0.15, 0.2) is 12.1 Å². The molecule has 0 saturated carbocycles. The molecule has 0 aromatic heterocycles. The molecule has 21 heavy (non-hydrogen) atoms. The zero-order chi connectivity index (χ0) is 15.8. The zero-order valence-corrected chi connectivity index (χ0v) is 12.1. The van der Waals surface area contributed by atoms with Gasteiger partial charge in [-0.3, -0.25) is 4.79 Å². The summed E-state index contributed by atoms with van der Waals surface area (Å²) in [6.45, 7) is 0.0333. The lowest BCUT2D eigenvalue weighted by Crippen LogP contribution is -2.30. The van der Waals surface area contributed by atoms with Crippen molar-refractivity contribution < 1.29 is 28.9 Å². The third kappa shape index (κ3) is 4.75. The molecule has 1 aromatic rings. The summed E-state index contributed by atoms with van der Waals surface area (Å²) in [5.74, 6) is 0.232. The summed E-state index contributed by atoms with van der Waals surface area (Å²) in [5.41, 5.74) is 0.428. The number of anilines is 1. The van der Waals surface area contributed by atoms with Crippen molar-refractivity contribution in [3.05, 3.63) is 12.1 Å². The molecule has 1 rings (SSSR count). The number of rotatable bonds is 7. The lowest BCUT2D eigenvalue weighted by molar-refractivity contribution is -0.136. The van der Waals surface area contributed by atoms with E-state index >= 15 is 0 Å². The van der Waals surface area contributed by atoms with Gasteiger partial charge >= 0.3 is 12.0 Å². The Balaban J connectivity index is 2.79. The fourth-order valence-electron chi connectivity index (χ4n) is 1.61. The van der Waals surface area contributed by atoms with Crippen LogP contribution < -0.4 is 24.8 Å².